The molecule has 19 heavy (non-hydrogen) atoms. The van der Waals surface area contributed by atoms with E-state index in [0.717, 1.165) is 39.0 Å². The van der Waals surface area contributed by atoms with E-state index in [4.69, 9.17) is 0 Å². The molecular weight excluding hydrogens is 236 g/mol. The van der Waals surface area contributed by atoms with Gasteiger partial charge in [0.2, 0.25) is 0 Å². The first-order chi connectivity index (χ1) is 9.00. The van der Waals surface area contributed by atoms with Crippen molar-refractivity contribution in [1.29, 1.82) is 5.26 Å². The first-order valence-corrected chi connectivity index (χ1v) is 7.59. The second kappa shape index (κ2) is 7.84. The van der Waals surface area contributed by atoms with Gasteiger partial charge in [0.05, 0.1) is 6.07 Å². The maximum atomic E-state index is 9.42. The summed E-state index contributed by atoms with van der Waals surface area (Å²) in [5.74, 6) is 0. The van der Waals surface area contributed by atoms with Crippen molar-refractivity contribution < 1.29 is 0 Å². The molecule has 2 unspecified atom stereocenters. The van der Waals surface area contributed by atoms with Crippen molar-refractivity contribution in [2.75, 3.05) is 39.8 Å². The molecule has 0 aromatic carbocycles. The third-order valence-electron chi connectivity index (χ3n) is 4.09. The van der Waals surface area contributed by atoms with Crippen LogP contribution in [-0.2, 0) is 0 Å². The first kappa shape index (κ1) is 16.4. The van der Waals surface area contributed by atoms with Gasteiger partial charge in [-0.25, -0.2) is 0 Å². The molecule has 1 rings (SSSR count). The van der Waals surface area contributed by atoms with Gasteiger partial charge in [-0.1, -0.05) is 6.92 Å². The van der Waals surface area contributed by atoms with Crippen LogP contribution < -0.4 is 5.32 Å². The zero-order valence-electron chi connectivity index (χ0n) is 13.1. The molecule has 0 aromatic heterocycles. The Labute approximate surface area is 118 Å². The molecule has 0 radical (unpaired) electrons. The van der Waals surface area contributed by atoms with Crippen LogP contribution in [0.4, 0.5) is 0 Å². The van der Waals surface area contributed by atoms with Gasteiger partial charge in [0.1, 0.15) is 5.54 Å². The highest BCUT2D eigenvalue weighted by atomic mass is 15.2. The summed E-state index contributed by atoms with van der Waals surface area (Å²) in [6.07, 6.45) is 3.19. The van der Waals surface area contributed by atoms with Gasteiger partial charge in [-0.15, -0.1) is 0 Å². The maximum Gasteiger partial charge on any atom is 0.105 e. The number of nitriles is 1. The summed E-state index contributed by atoms with van der Waals surface area (Å²) in [5.41, 5.74) is -0.395. The fourth-order valence-electron chi connectivity index (χ4n) is 2.79. The van der Waals surface area contributed by atoms with Crippen molar-refractivity contribution in [1.82, 2.24) is 15.1 Å². The molecule has 0 aliphatic carbocycles. The predicted molar refractivity (Wildman–Crippen MR) is 80.1 cm³/mol. The van der Waals surface area contributed by atoms with E-state index in [0.29, 0.717) is 6.04 Å². The molecule has 1 heterocycles. The van der Waals surface area contributed by atoms with Crippen molar-refractivity contribution >= 4 is 0 Å². The Kier molecular flexibility index (Phi) is 6.78. The molecule has 110 valence electrons. The number of likely N-dealkylation sites (N-methyl/N-ethyl adjacent to an activating group) is 1. The minimum Gasteiger partial charge on any atom is -0.305 e. The Bertz CT molecular complexity index is 299. The molecule has 4 heteroatoms. The van der Waals surface area contributed by atoms with Gasteiger partial charge >= 0.3 is 0 Å². The summed E-state index contributed by atoms with van der Waals surface area (Å²) in [4.78, 5) is 4.93. The lowest BCUT2D eigenvalue weighted by atomic mass is 9.94. The Hall–Kier alpha value is -0.630. The molecule has 0 saturated carbocycles. The van der Waals surface area contributed by atoms with E-state index < -0.39 is 5.54 Å². The Morgan fingerprint density at radius 1 is 1.32 bits per heavy atom. The van der Waals surface area contributed by atoms with Crippen molar-refractivity contribution in [2.45, 2.75) is 51.6 Å². The largest absolute Gasteiger partial charge is 0.305 e. The number of rotatable bonds is 6. The Morgan fingerprint density at radius 2 is 2.05 bits per heavy atom. The van der Waals surface area contributed by atoms with E-state index in [1.165, 1.54) is 13.0 Å². The van der Waals surface area contributed by atoms with Gasteiger partial charge in [-0.05, 0) is 59.8 Å². The highest BCUT2D eigenvalue weighted by Gasteiger charge is 2.28. The highest BCUT2D eigenvalue weighted by molar-refractivity contribution is 5.05. The van der Waals surface area contributed by atoms with Crippen molar-refractivity contribution in [3.05, 3.63) is 0 Å². The molecule has 1 saturated heterocycles. The Balaban J connectivity index is 2.51. The lowest BCUT2D eigenvalue weighted by Gasteiger charge is -2.33. The van der Waals surface area contributed by atoms with E-state index in [9.17, 15) is 5.26 Å². The molecule has 1 aliphatic heterocycles. The lowest BCUT2D eigenvalue weighted by Crippen LogP contribution is -2.48. The van der Waals surface area contributed by atoms with E-state index in [1.54, 1.807) is 0 Å². The minimum absolute atomic E-state index is 0.395. The fraction of sp³-hybridized carbons (Fsp3) is 0.933. The molecule has 0 bridgehead atoms. The van der Waals surface area contributed by atoms with Gasteiger partial charge in [-0.3, -0.25) is 10.2 Å². The third kappa shape index (κ3) is 5.48. The van der Waals surface area contributed by atoms with Crippen molar-refractivity contribution in [3.8, 4) is 6.07 Å². The van der Waals surface area contributed by atoms with Crippen molar-refractivity contribution in [3.63, 3.8) is 0 Å². The van der Waals surface area contributed by atoms with Crippen LogP contribution in [0.2, 0.25) is 0 Å². The summed E-state index contributed by atoms with van der Waals surface area (Å²) in [6.45, 7) is 11.9. The standard InChI is InChI=1S/C15H30N4/c1-5-7-17-15(3,13-16)12-14(2)19-9-6-8-18(4)10-11-19/h14,17H,5-12H2,1-4H3. The van der Waals surface area contributed by atoms with Gasteiger partial charge in [-0.2, -0.15) is 5.26 Å². The average Bonchev–Trinajstić information content (AvgIpc) is 2.61. The molecule has 1 aliphatic rings. The van der Waals surface area contributed by atoms with Crippen LogP contribution >= 0.6 is 0 Å². The number of nitrogens with one attached hydrogen (secondary N) is 1. The minimum atomic E-state index is -0.395. The maximum absolute atomic E-state index is 9.42. The second-order valence-electron chi connectivity index (χ2n) is 6.12. The second-order valence-corrected chi connectivity index (χ2v) is 6.12. The summed E-state index contributed by atoms with van der Waals surface area (Å²) in [5, 5.41) is 12.8. The summed E-state index contributed by atoms with van der Waals surface area (Å²) in [7, 11) is 2.19. The number of hydrogen-bond donors (Lipinski definition) is 1. The monoisotopic (exact) mass is 266 g/mol. The van der Waals surface area contributed by atoms with E-state index in [-0.39, 0.29) is 0 Å². The molecule has 1 N–H and O–H groups in total. The van der Waals surface area contributed by atoms with Crippen LogP contribution in [0, 0.1) is 11.3 Å². The molecular formula is C15H30N4. The quantitative estimate of drug-likeness (QED) is 0.794. The lowest BCUT2D eigenvalue weighted by molar-refractivity contribution is 0.181. The molecule has 0 spiro atoms. The van der Waals surface area contributed by atoms with Crippen molar-refractivity contribution in [2.24, 2.45) is 0 Å². The first-order valence-electron chi connectivity index (χ1n) is 7.59. The highest BCUT2D eigenvalue weighted by Crippen LogP contribution is 2.17. The molecule has 0 aromatic rings. The SMILES string of the molecule is CCCNC(C)(C#N)CC(C)N1CCCN(C)CC1. The van der Waals surface area contributed by atoms with E-state index in [1.807, 2.05) is 6.92 Å². The topological polar surface area (TPSA) is 42.3 Å². The Morgan fingerprint density at radius 3 is 2.68 bits per heavy atom. The summed E-state index contributed by atoms with van der Waals surface area (Å²) < 4.78 is 0. The summed E-state index contributed by atoms with van der Waals surface area (Å²) in [6, 6.07) is 2.92. The molecule has 2 atom stereocenters. The molecule has 4 nitrogen and oxygen atoms in total. The van der Waals surface area contributed by atoms with Crippen LogP contribution in [0.3, 0.4) is 0 Å². The van der Waals surface area contributed by atoms with Crippen LogP contribution in [0.5, 0.6) is 0 Å². The van der Waals surface area contributed by atoms with E-state index in [2.05, 4.69) is 42.1 Å². The molecule has 1 fully saturated rings. The van der Waals surface area contributed by atoms with Gasteiger partial charge < -0.3 is 4.90 Å². The molecule has 0 amide bonds. The smallest absolute Gasteiger partial charge is 0.105 e. The fourth-order valence-corrected chi connectivity index (χ4v) is 2.79. The zero-order valence-corrected chi connectivity index (χ0v) is 13.1. The predicted octanol–water partition coefficient (Wildman–Crippen LogP) is 1.68. The number of nitrogens with zero attached hydrogens (tertiary/aromatic N) is 3. The van der Waals surface area contributed by atoms with Gasteiger partial charge in [0, 0.05) is 19.1 Å². The van der Waals surface area contributed by atoms with E-state index >= 15 is 0 Å². The summed E-state index contributed by atoms with van der Waals surface area (Å²) >= 11 is 0. The van der Waals surface area contributed by atoms with Crippen LogP contribution in [0.15, 0.2) is 0 Å². The van der Waals surface area contributed by atoms with Crippen LogP contribution in [0.1, 0.15) is 40.0 Å². The third-order valence-corrected chi connectivity index (χ3v) is 4.09. The van der Waals surface area contributed by atoms with Crippen LogP contribution in [-0.4, -0.2) is 61.2 Å². The number of hydrogen-bond acceptors (Lipinski definition) is 4. The normalized spacial score (nSPS) is 23.3. The van der Waals surface area contributed by atoms with Crippen LogP contribution in [0.25, 0.3) is 0 Å². The van der Waals surface area contributed by atoms with Gasteiger partial charge in [0.25, 0.3) is 0 Å². The zero-order chi connectivity index (χ0) is 14.3. The van der Waals surface area contributed by atoms with Gasteiger partial charge in [0.15, 0.2) is 0 Å². The average molecular weight is 266 g/mol.